The molecule has 198 valence electrons. The average Bonchev–Trinajstić information content (AvgIpc) is 3.52. The Morgan fingerprint density at radius 1 is 1.00 bits per heavy atom. The summed E-state index contributed by atoms with van der Waals surface area (Å²) in [5.74, 6) is -0.842. The minimum Gasteiger partial charge on any atom is -0.415 e. The second-order valence-electron chi connectivity index (χ2n) is 9.72. The van der Waals surface area contributed by atoms with Gasteiger partial charge in [0.25, 0.3) is 10.7 Å². The van der Waals surface area contributed by atoms with Crippen molar-refractivity contribution in [3.63, 3.8) is 0 Å². The molecule has 2 aliphatic rings. The zero-order chi connectivity index (χ0) is 26.2. The zero-order valence-corrected chi connectivity index (χ0v) is 21.2. The van der Waals surface area contributed by atoms with E-state index >= 15 is 4.39 Å². The highest BCUT2D eigenvalue weighted by molar-refractivity contribution is 7.71. The number of rotatable bonds is 7. The van der Waals surface area contributed by atoms with E-state index in [-0.39, 0.29) is 40.5 Å². The molecule has 6 rings (SSSR count). The van der Waals surface area contributed by atoms with Gasteiger partial charge in [0.1, 0.15) is 5.82 Å². The van der Waals surface area contributed by atoms with Gasteiger partial charge in [0.2, 0.25) is 11.8 Å². The highest BCUT2D eigenvalue weighted by Gasteiger charge is 2.31. The minimum atomic E-state index is -2.85. The lowest BCUT2D eigenvalue weighted by Crippen LogP contribution is -2.44. The molecule has 3 aromatic heterocycles. The Bertz CT molecular complexity index is 1470. The lowest BCUT2D eigenvalue weighted by Gasteiger charge is -2.42. The van der Waals surface area contributed by atoms with E-state index in [0.29, 0.717) is 22.9 Å². The number of alkyl halides is 2. The van der Waals surface area contributed by atoms with Crippen molar-refractivity contribution in [2.75, 3.05) is 13.1 Å². The van der Waals surface area contributed by atoms with Crippen molar-refractivity contribution in [2.45, 2.75) is 57.0 Å². The molecule has 0 N–H and O–H groups in total. The zero-order valence-electron chi connectivity index (χ0n) is 20.4. The molecule has 4 heterocycles. The standard InChI is InChI=1S/C26H25F3N6O2S/c27-21-19(15-9-11-34(12-10-15)18-3-1-4-18)5-2-6-20(21)24-33-35(26(38)37-24)14-17-8-7-16(13-30-17)23-31-32-25(36-23)22(28)29/h2,5-8,13,15,18,22H,1,3-4,9-12,14H2. The number of nitrogens with zero attached hydrogens (tertiary/aromatic N) is 6. The molecule has 0 unspecified atom stereocenters. The van der Waals surface area contributed by atoms with Crippen LogP contribution in [0.4, 0.5) is 13.2 Å². The molecule has 4 aromatic rings. The van der Waals surface area contributed by atoms with E-state index in [1.807, 2.05) is 12.1 Å². The van der Waals surface area contributed by atoms with Gasteiger partial charge in [0, 0.05) is 12.2 Å². The van der Waals surface area contributed by atoms with E-state index in [0.717, 1.165) is 25.9 Å². The molecule has 0 spiro atoms. The Morgan fingerprint density at radius 2 is 1.82 bits per heavy atom. The van der Waals surface area contributed by atoms with E-state index in [4.69, 9.17) is 21.1 Å². The van der Waals surface area contributed by atoms with Crippen LogP contribution in [0.5, 0.6) is 0 Å². The molecule has 0 radical (unpaired) electrons. The molecule has 0 atom stereocenters. The average molecular weight is 543 g/mol. The van der Waals surface area contributed by atoms with Crippen LogP contribution in [0.2, 0.25) is 0 Å². The minimum absolute atomic E-state index is 0.0521. The Kier molecular flexibility index (Phi) is 6.83. The summed E-state index contributed by atoms with van der Waals surface area (Å²) in [6.07, 6.45) is 4.33. The number of piperidine rings is 1. The first-order valence-corrected chi connectivity index (χ1v) is 13.0. The van der Waals surface area contributed by atoms with Crippen molar-refractivity contribution in [3.05, 3.63) is 64.3 Å². The van der Waals surface area contributed by atoms with E-state index < -0.39 is 12.3 Å². The van der Waals surface area contributed by atoms with Gasteiger partial charge in [0.15, 0.2) is 0 Å². The molecule has 2 fully saturated rings. The predicted molar refractivity (Wildman–Crippen MR) is 133 cm³/mol. The highest BCUT2D eigenvalue weighted by atomic mass is 32.1. The Hall–Kier alpha value is -3.38. The second-order valence-corrected chi connectivity index (χ2v) is 10.1. The molecule has 12 heteroatoms. The number of benzene rings is 1. The molecule has 0 amide bonds. The fourth-order valence-electron chi connectivity index (χ4n) is 5.11. The van der Waals surface area contributed by atoms with Crippen LogP contribution >= 0.6 is 12.2 Å². The SMILES string of the molecule is Fc1c(-c2nn(Cc3ccc(-c4nnc(C(F)F)o4)cn3)c(=S)o2)cccc1C1CCN(C2CCC2)CC1. The molecule has 8 nitrogen and oxygen atoms in total. The van der Waals surface area contributed by atoms with Crippen LogP contribution in [0.25, 0.3) is 22.9 Å². The van der Waals surface area contributed by atoms with E-state index in [2.05, 4.69) is 25.2 Å². The molecule has 1 saturated heterocycles. The molecule has 0 bridgehead atoms. The van der Waals surface area contributed by atoms with Crippen molar-refractivity contribution < 1.29 is 22.0 Å². The quantitative estimate of drug-likeness (QED) is 0.256. The van der Waals surface area contributed by atoms with E-state index in [1.54, 1.807) is 18.2 Å². The van der Waals surface area contributed by atoms with Gasteiger partial charge < -0.3 is 13.7 Å². The first kappa shape index (κ1) is 24.9. The summed E-state index contributed by atoms with van der Waals surface area (Å²) in [7, 11) is 0. The van der Waals surface area contributed by atoms with Gasteiger partial charge in [-0.1, -0.05) is 18.6 Å². The maximum absolute atomic E-state index is 15.7. The molecular weight excluding hydrogens is 517 g/mol. The topological polar surface area (TPSA) is 86.0 Å². The monoisotopic (exact) mass is 542 g/mol. The first-order valence-electron chi connectivity index (χ1n) is 12.6. The summed E-state index contributed by atoms with van der Waals surface area (Å²) in [6.45, 7) is 2.18. The predicted octanol–water partition coefficient (Wildman–Crippen LogP) is 6.17. The van der Waals surface area contributed by atoms with Crippen molar-refractivity contribution in [2.24, 2.45) is 0 Å². The van der Waals surface area contributed by atoms with Crippen LogP contribution in [0, 0.1) is 10.7 Å². The summed E-state index contributed by atoms with van der Waals surface area (Å²) >= 11 is 5.33. The fourth-order valence-corrected chi connectivity index (χ4v) is 5.29. The highest BCUT2D eigenvalue weighted by Crippen LogP contribution is 2.36. The maximum atomic E-state index is 15.7. The normalized spacial score (nSPS) is 17.3. The van der Waals surface area contributed by atoms with Crippen molar-refractivity contribution >= 4 is 12.2 Å². The van der Waals surface area contributed by atoms with Gasteiger partial charge in [-0.05, 0) is 80.7 Å². The third kappa shape index (κ3) is 4.90. The van der Waals surface area contributed by atoms with Crippen LogP contribution in [-0.2, 0) is 6.54 Å². The third-order valence-electron chi connectivity index (χ3n) is 7.44. The van der Waals surface area contributed by atoms with Gasteiger partial charge in [-0.3, -0.25) is 4.98 Å². The largest absolute Gasteiger partial charge is 0.415 e. The Balaban J connectivity index is 1.17. The molecule has 38 heavy (non-hydrogen) atoms. The van der Waals surface area contributed by atoms with Gasteiger partial charge in [-0.2, -0.15) is 8.78 Å². The maximum Gasteiger partial charge on any atom is 0.314 e. The number of pyridine rings is 1. The summed E-state index contributed by atoms with van der Waals surface area (Å²) in [4.78, 5) is 6.94. The summed E-state index contributed by atoms with van der Waals surface area (Å²) in [5.41, 5.74) is 1.95. The van der Waals surface area contributed by atoms with Gasteiger partial charge >= 0.3 is 6.43 Å². The van der Waals surface area contributed by atoms with Crippen molar-refractivity contribution in [1.29, 1.82) is 0 Å². The van der Waals surface area contributed by atoms with Crippen LogP contribution in [0.1, 0.15) is 61.6 Å². The first-order chi connectivity index (χ1) is 18.5. The van der Waals surface area contributed by atoms with Gasteiger partial charge in [-0.25, -0.2) is 9.07 Å². The summed E-state index contributed by atoms with van der Waals surface area (Å²) in [5, 5.41) is 11.3. The molecule has 1 saturated carbocycles. The van der Waals surface area contributed by atoms with Gasteiger partial charge in [0.05, 0.1) is 23.4 Å². The summed E-state index contributed by atoms with van der Waals surface area (Å²) in [6, 6.07) is 9.33. The lowest BCUT2D eigenvalue weighted by atomic mass is 9.84. The van der Waals surface area contributed by atoms with Crippen LogP contribution in [0.15, 0.2) is 45.4 Å². The Morgan fingerprint density at radius 3 is 2.47 bits per heavy atom. The number of halogens is 3. The molecule has 1 aliphatic heterocycles. The fraction of sp³-hybridized carbons (Fsp3) is 0.423. The number of hydrogen-bond donors (Lipinski definition) is 0. The van der Waals surface area contributed by atoms with Crippen LogP contribution in [0.3, 0.4) is 0 Å². The molecular formula is C26H25F3N6O2S. The molecule has 1 aromatic carbocycles. The van der Waals surface area contributed by atoms with E-state index in [9.17, 15) is 8.78 Å². The summed E-state index contributed by atoms with van der Waals surface area (Å²) < 4.78 is 53.1. The van der Waals surface area contributed by atoms with Crippen LogP contribution in [-0.4, -0.2) is 49.0 Å². The van der Waals surface area contributed by atoms with E-state index in [1.165, 1.54) is 30.1 Å². The number of likely N-dealkylation sites (tertiary alicyclic amines) is 1. The second kappa shape index (κ2) is 10.4. The number of hydrogen-bond acceptors (Lipinski definition) is 8. The smallest absolute Gasteiger partial charge is 0.314 e. The third-order valence-corrected chi connectivity index (χ3v) is 7.73. The van der Waals surface area contributed by atoms with Gasteiger partial charge in [-0.15, -0.1) is 15.3 Å². The number of aromatic nitrogens is 5. The molecule has 1 aliphatic carbocycles. The van der Waals surface area contributed by atoms with Crippen molar-refractivity contribution in [3.8, 4) is 22.9 Å². The van der Waals surface area contributed by atoms with Crippen molar-refractivity contribution in [1.82, 2.24) is 29.9 Å². The van der Waals surface area contributed by atoms with Crippen LogP contribution < -0.4 is 0 Å². The Labute approximate surface area is 221 Å². The lowest BCUT2D eigenvalue weighted by molar-refractivity contribution is 0.0971.